The number of benzene rings is 1. The standard InChI is InChI=1S/C15H21N5/c1-14(2)13(15(14,3)4)16-10-12-17-18-19-20(12)11-8-6-5-7-9-11/h5-9,13,16H,10H2,1-4H3. The van der Waals surface area contributed by atoms with Crippen molar-refractivity contribution in [1.82, 2.24) is 25.5 Å². The molecule has 1 saturated carbocycles. The van der Waals surface area contributed by atoms with Gasteiger partial charge in [-0.3, -0.25) is 0 Å². The van der Waals surface area contributed by atoms with E-state index in [9.17, 15) is 0 Å². The van der Waals surface area contributed by atoms with Gasteiger partial charge in [-0.25, -0.2) is 0 Å². The lowest BCUT2D eigenvalue weighted by atomic mass is 10.0. The molecule has 1 N–H and O–H groups in total. The zero-order valence-electron chi connectivity index (χ0n) is 12.5. The van der Waals surface area contributed by atoms with E-state index in [1.807, 2.05) is 30.3 Å². The molecular weight excluding hydrogens is 250 g/mol. The third-order valence-corrected chi connectivity index (χ3v) is 5.02. The summed E-state index contributed by atoms with van der Waals surface area (Å²) in [5, 5.41) is 15.6. The summed E-state index contributed by atoms with van der Waals surface area (Å²) in [6.07, 6.45) is 0. The number of para-hydroxylation sites is 1. The number of hydrogen-bond acceptors (Lipinski definition) is 4. The molecule has 106 valence electrons. The fourth-order valence-corrected chi connectivity index (χ4v) is 2.99. The lowest BCUT2D eigenvalue weighted by molar-refractivity contribution is 0.457. The van der Waals surface area contributed by atoms with Crippen molar-refractivity contribution in [3.63, 3.8) is 0 Å². The molecule has 0 aliphatic heterocycles. The average Bonchev–Trinajstić information content (AvgIpc) is 2.76. The third-order valence-electron chi connectivity index (χ3n) is 5.02. The first-order valence-corrected chi connectivity index (χ1v) is 7.00. The molecule has 1 aliphatic rings. The van der Waals surface area contributed by atoms with Crippen LogP contribution in [-0.4, -0.2) is 26.2 Å². The minimum absolute atomic E-state index is 0.317. The monoisotopic (exact) mass is 271 g/mol. The van der Waals surface area contributed by atoms with Crippen LogP contribution in [0.3, 0.4) is 0 Å². The highest BCUT2D eigenvalue weighted by atomic mass is 15.5. The molecule has 1 heterocycles. The molecule has 1 aromatic heterocycles. The number of aromatic nitrogens is 4. The number of nitrogens with zero attached hydrogens (tertiary/aromatic N) is 4. The summed E-state index contributed by atoms with van der Waals surface area (Å²) in [5.74, 6) is 0.842. The van der Waals surface area contributed by atoms with Gasteiger partial charge in [0, 0.05) is 6.04 Å². The van der Waals surface area contributed by atoms with Crippen LogP contribution in [0.25, 0.3) is 5.69 Å². The Labute approximate surface area is 119 Å². The van der Waals surface area contributed by atoms with Crippen LogP contribution in [0.2, 0.25) is 0 Å². The molecule has 0 unspecified atom stereocenters. The molecule has 0 spiro atoms. The molecule has 0 amide bonds. The van der Waals surface area contributed by atoms with Crippen molar-refractivity contribution in [2.75, 3.05) is 0 Å². The molecule has 1 aliphatic carbocycles. The zero-order chi connectivity index (χ0) is 14.4. The first-order valence-electron chi connectivity index (χ1n) is 7.00. The van der Waals surface area contributed by atoms with Crippen molar-refractivity contribution >= 4 is 0 Å². The topological polar surface area (TPSA) is 55.6 Å². The molecular formula is C15H21N5. The number of tetrazole rings is 1. The summed E-state index contributed by atoms with van der Waals surface area (Å²) in [6, 6.07) is 10.5. The van der Waals surface area contributed by atoms with Gasteiger partial charge in [-0.05, 0) is 33.4 Å². The van der Waals surface area contributed by atoms with Crippen molar-refractivity contribution in [2.24, 2.45) is 10.8 Å². The molecule has 0 atom stereocenters. The van der Waals surface area contributed by atoms with Crippen LogP contribution in [-0.2, 0) is 6.54 Å². The predicted octanol–water partition coefficient (Wildman–Crippen LogP) is 2.19. The number of nitrogens with one attached hydrogen (secondary N) is 1. The quantitative estimate of drug-likeness (QED) is 0.926. The van der Waals surface area contributed by atoms with Crippen molar-refractivity contribution in [3.05, 3.63) is 36.2 Å². The second-order valence-corrected chi connectivity index (χ2v) is 6.60. The van der Waals surface area contributed by atoms with Crippen LogP contribution >= 0.6 is 0 Å². The largest absolute Gasteiger partial charge is 0.306 e. The fraction of sp³-hybridized carbons (Fsp3) is 0.533. The van der Waals surface area contributed by atoms with E-state index < -0.39 is 0 Å². The van der Waals surface area contributed by atoms with E-state index in [1.165, 1.54) is 0 Å². The van der Waals surface area contributed by atoms with Gasteiger partial charge in [-0.2, -0.15) is 4.68 Å². The van der Waals surface area contributed by atoms with E-state index in [2.05, 4.69) is 48.5 Å². The van der Waals surface area contributed by atoms with Crippen LogP contribution in [0.15, 0.2) is 30.3 Å². The maximum Gasteiger partial charge on any atom is 0.170 e. The van der Waals surface area contributed by atoms with Gasteiger partial charge >= 0.3 is 0 Å². The van der Waals surface area contributed by atoms with E-state index in [0.717, 1.165) is 11.5 Å². The molecule has 5 nitrogen and oxygen atoms in total. The molecule has 2 aromatic rings. The summed E-state index contributed by atoms with van der Waals surface area (Å²) in [5.41, 5.74) is 1.62. The van der Waals surface area contributed by atoms with Crippen LogP contribution in [0.1, 0.15) is 33.5 Å². The Hall–Kier alpha value is -1.75. The highest BCUT2D eigenvalue weighted by Gasteiger charge is 2.64. The highest BCUT2D eigenvalue weighted by molar-refractivity contribution is 5.30. The smallest absolute Gasteiger partial charge is 0.170 e. The molecule has 0 radical (unpaired) electrons. The van der Waals surface area contributed by atoms with Gasteiger partial charge in [0.15, 0.2) is 5.82 Å². The number of hydrogen-bond donors (Lipinski definition) is 1. The summed E-state index contributed by atoms with van der Waals surface area (Å²) in [7, 11) is 0. The molecule has 1 fully saturated rings. The predicted molar refractivity (Wildman–Crippen MR) is 77.3 cm³/mol. The normalized spacial score (nSPS) is 20.0. The van der Waals surface area contributed by atoms with Crippen LogP contribution in [0, 0.1) is 10.8 Å². The fourth-order valence-electron chi connectivity index (χ4n) is 2.99. The molecule has 0 saturated heterocycles. The number of rotatable bonds is 4. The van der Waals surface area contributed by atoms with Crippen molar-refractivity contribution < 1.29 is 0 Å². The molecule has 3 rings (SSSR count). The summed E-state index contributed by atoms with van der Waals surface area (Å²) in [4.78, 5) is 0. The molecule has 20 heavy (non-hydrogen) atoms. The van der Waals surface area contributed by atoms with Crippen molar-refractivity contribution in [2.45, 2.75) is 40.3 Å². The Morgan fingerprint density at radius 1 is 1.10 bits per heavy atom. The van der Waals surface area contributed by atoms with Gasteiger partial charge in [0.05, 0.1) is 12.2 Å². The minimum atomic E-state index is 0.317. The van der Waals surface area contributed by atoms with Crippen molar-refractivity contribution in [1.29, 1.82) is 0 Å². The Kier molecular flexibility index (Phi) is 2.90. The van der Waals surface area contributed by atoms with E-state index in [1.54, 1.807) is 4.68 Å². The third kappa shape index (κ3) is 1.93. The average molecular weight is 271 g/mol. The maximum atomic E-state index is 4.13. The van der Waals surface area contributed by atoms with Gasteiger partial charge in [0.2, 0.25) is 0 Å². The van der Waals surface area contributed by atoms with Gasteiger partial charge in [-0.1, -0.05) is 45.9 Å². The van der Waals surface area contributed by atoms with Gasteiger partial charge in [0.1, 0.15) is 0 Å². The second-order valence-electron chi connectivity index (χ2n) is 6.60. The highest BCUT2D eigenvalue weighted by Crippen LogP contribution is 2.62. The summed E-state index contributed by atoms with van der Waals surface area (Å²) < 4.78 is 1.79. The van der Waals surface area contributed by atoms with Crippen molar-refractivity contribution in [3.8, 4) is 5.69 Å². The summed E-state index contributed by atoms with van der Waals surface area (Å²) in [6.45, 7) is 9.87. The van der Waals surface area contributed by atoms with E-state index >= 15 is 0 Å². The van der Waals surface area contributed by atoms with E-state index in [-0.39, 0.29) is 0 Å². The second kappa shape index (κ2) is 4.38. The van der Waals surface area contributed by atoms with E-state index in [4.69, 9.17) is 0 Å². The first kappa shape index (κ1) is 13.2. The Morgan fingerprint density at radius 2 is 1.75 bits per heavy atom. The lowest BCUT2D eigenvalue weighted by Crippen LogP contribution is -2.23. The van der Waals surface area contributed by atoms with Gasteiger partial charge in [-0.15, -0.1) is 5.10 Å². The minimum Gasteiger partial charge on any atom is -0.306 e. The Morgan fingerprint density at radius 3 is 2.35 bits per heavy atom. The Bertz CT molecular complexity index is 586. The van der Waals surface area contributed by atoms with Gasteiger partial charge < -0.3 is 5.32 Å². The van der Waals surface area contributed by atoms with Crippen LogP contribution < -0.4 is 5.32 Å². The van der Waals surface area contributed by atoms with Crippen LogP contribution in [0.5, 0.6) is 0 Å². The molecule has 5 heteroatoms. The van der Waals surface area contributed by atoms with Gasteiger partial charge in [0.25, 0.3) is 0 Å². The first-order chi connectivity index (χ1) is 9.44. The SMILES string of the molecule is CC1(C)C(NCc2nnnn2-c2ccccc2)C1(C)C. The van der Waals surface area contributed by atoms with Crippen LogP contribution in [0.4, 0.5) is 0 Å². The molecule has 1 aromatic carbocycles. The Balaban J connectivity index is 1.73. The van der Waals surface area contributed by atoms with E-state index in [0.29, 0.717) is 23.4 Å². The maximum absolute atomic E-state index is 4.13. The summed E-state index contributed by atoms with van der Waals surface area (Å²) >= 11 is 0. The lowest BCUT2D eigenvalue weighted by Gasteiger charge is -2.07. The molecule has 0 bridgehead atoms. The zero-order valence-corrected chi connectivity index (χ0v) is 12.5.